The van der Waals surface area contributed by atoms with E-state index >= 15 is 0 Å². The van der Waals surface area contributed by atoms with Gasteiger partial charge in [0.2, 0.25) is 0 Å². The van der Waals surface area contributed by atoms with Crippen molar-refractivity contribution < 1.29 is 42.1 Å². The largest absolute Gasteiger partial charge is 0.472 e. The minimum Gasteiger partial charge on any atom is -0.462 e. The van der Waals surface area contributed by atoms with Crippen LogP contribution in [0.1, 0.15) is 386 Å². The van der Waals surface area contributed by atoms with Crippen LogP contribution in [0.15, 0.2) is 72.9 Å². The highest BCUT2D eigenvalue weighted by Crippen LogP contribution is 2.43. The second-order valence-corrected chi connectivity index (χ2v) is 29.5. The predicted molar refractivity (Wildman–Crippen MR) is 399 cm³/mol. The van der Waals surface area contributed by atoms with Crippen molar-refractivity contribution in [2.24, 2.45) is 0 Å². The van der Waals surface area contributed by atoms with E-state index < -0.39 is 26.5 Å². The second-order valence-electron chi connectivity index (χ2n) is 28.1. The topological polar surface area (TPSA) is 108 Å². The first kappa shape index (κ1) is 89.5. The lowest BCUT2D eigenvalue weighted by atomic mass is 10.0. The van der Waals surface area contributed by atoms with Crippen LogP contribution in [-0.2, 0) is 32.7 Å². The van der Waals surface area contributed by atoms with Gasteiger partial charge in [0.1, 0.15) is 19.8 Å². The van der Waals surface area contributed by atoms with E-state index in [0.29, 0.717) is 23.9 Å². The van der Waals surface area contributed by atoms with Crippen LogP contribution >= 0.6 is 7.82 Å². The molecule has 0 rings (SSSR count). The number of phosphoric ester groups is 1. The first-order valence-corrected chi connectivity index (χ1v) is 41.2. The standard InChI is InChI=1S/C82H152NO8P/c1-6-8-10-12-14-16-18-20-22-24-26-28-30-32-34-35-36-37-38-39-40-41-42-43-44-45-46-47-49-50-52-54-56-58-60-62-64-66-68-70-72-74-81(84)88-78-80(79-90-92(86,87)89-77-76-83(3,4)5)91-82(85)75-73-71-69-67-65-63-61-59-57-55-53-51-48-33-31-29-27-25-23-21-19-17-15-13-11-9-7-2/h9,11,15,17-18,20-21,23-24,26-27,29,80H,6-8,10,12-14,16,19,22,25,28,30-79H2,1-5H3/p+1/b11-9-,17-15-,20-18-,23-21-,26-24-,29-27-. The van der Waals surface area contributed by atoms with Gasteiger partial charge >= 0.3 is 19.8 Å². The number of likely N-dealkylation sites (N-methyl/N-ethyl adjacent to an activating group) is 1. The van der Waals surface area contributed by atoms with Crippen LogP contribution in [0.2, 0.25) is 0 Å². The van der Waals surface area contributed by atoms with Crippen molar-refractivity contribution in [3.05, 3.63) is 72.9 Å². The Labute approximate surface area is 571 Å². The number of hydrogen-bond donors (Lipinski definition) is 1. The Bertz CT molecular complexity index is 1780. The van der Waals surface area contributed by atoms with Crippen molar-refractivity contribution >= 4 is 19.8 Å². The minimum atomic E-state index is -4.39. The number of allylic oxidation sites excluding steroid dienone is 12. The fourth-order valence-corrected chi connectivity index (χ4v) is 12.4. The van der Waals surface area contributed by atoms with E-state index in [2.05, 4.69) is 86.8 Å². The van der Waals surface area contributed by atoms with Gasteiger partial charge in [0, 0.05) is 12.8 Å². The van der Waals surface area contributed by atoms with Gasteiger partial charge in [-0.1, -0.05) is 363 Å². The molecule has 0 spiro atoms. The van der Waals surface area contributed by atoms with Crippen molar-refractivity contribution in [3.63, 3.8) is 0 Å². The summed E-state index contributed by atoms with van der Waals surface area (Å²) in [5, 5.41) is 0. The first-order valence-electron chi connectivity index (χ1n) is 39.7. The van der Waals surface area contributed by atoms with Crippen molar-refractivity contribution in [1.29, 1.82) is 0 Å². The summed E-state index contributed by atoms with van der Waals surface area (Å²) in [5.41, 5.74) is 0. The molecule has 0 fully saturated rings. The summed E-state index contributed by atoms with van der Waals surface area (Å²) in [4.78, 5) is 36.0. The normalized spacial score (nSPS) is 13.4. The summed E-state index contributed by atoms with van der Waals surface area (Å²) in [6.07, 6.45) is 99.1. The van der Waals surface area contributed by atoms with Crippen LogP contribution in [0.3, 0.4) is 0 Å². The summed E-state index contributed by atoms with van der Waals surface area (Å²) in [6, 6.07) is 0. The molecule has 0 aromatic rings. The molecule has 0 radical (unpaired) electrons. The van der Waals surface area contributed by atoms with Crippen LogP contribution in [0.5, 0.6) is 0 Å². The third-order valence-electron chi connectivity index (χ3n) is 17.7. The highest BCUT2D eigenvalue weighted by molar-refractivity contribution is 7.47. The van der Waals surface area contributed by atoms with Crippen molar-refractivity contribution in [2.75, 3.05) is 47.5 Å². The number of ether oxygens (including phenoxy) is 2. The lowest BCUT2D eigenvalue weighted by Crippen LogP contribution is -2.37. The van der Waals surface area contributed by atoms with Crippen LogP contribution < -0.4 is 0 Å². The average molecular weight is 1310 g/mol. The number of carbonyl (C=O) groups is 2. The zero-order valence-electron chi connectivity index (χ0n) is 61.5. The number of phosphoric acid groups is 1. The van der Waals surface area contributed by atoms with Gasteiger partial charge in [-0.25, -0.2) is 4.57 Å². The Kier molecular flexibility index (Phi) is 70.7. The lowest BCUT2D eigenvalue weighted by Gasteiger charge is -2.24. The van der Waals surface area contributed by atoms with Gasteiger partial charge in [-0.2, -0.15) is 0 Å². The van der Waals surface area contributed by atoms with Gasteiger partial charge in [0.15, 0.2) is 6.10 Å². The van der Waals surface area contributed by atoms with Crippen molar-refractivity contribution in [3.8, 4) is 0 Å². The fraction of sp³-hybridized carbons (Fsp3) is 0.829. The van der Waals surface area contributed by atoms with E-state index in [0.717, 1.165) is 64.2 Å². The molecule has 0 aromatic heterocycles. The average Bonchev–Trinajstić information content (AvgIpc) is 2.14. The second kappa shape index (κ2) is 72.7. The molecule has 0 amide bonds. The zero-order chi connectivity index (χ0) is 66.9. The van der Waals surface area contributed by atoms with E-state index in [9.17, 15) is 19.0 Å². The number of unbranched alkanes of at least 4 members (excludes halogenated alkanes) is 48. The number of nitrogens with zero attached hydrogens (tertiary/aromatic N) is 1. The molecular weight excluding hydrogens is 1160 g/mol. The van der Waals surface area contributed by atoms with Gasteiger partial charge in [-0.15, -0.1) is 0 Å². The molecule has 0 bridgehead atoms. The number of rotatable bonds is 74. The molecule has 0 aliphatic rings. The number of hydrogen-bond acceptors (Lipinski definition) is 7. The smallest absolute Gasteiger partial charge is 0.462 e. The maximum Gasteiger partial charge on any atom is 0.472 e. The zero-order valence-corrected chi connectivity index (χ0v) is 62.4. The summed E-state index contributed by atoms with van der Waals surface area (Å²) >= 11 is 0. The molecule has 92 heavy (non-hydrogen) atoms. The minimum absolute atomic E-state index is 0.0322. The number of quaternary nitrogens is 1. The molecule has 0 heterocycles. The molecular formula is C82H153NO8P+. The van der Waals surface area contributed by atoms with E-state index in [1.54, 1.807) is 0 Å². The molecule has 0 saturated heterocycles. The molecule has 0 aliphatic carbocycles. The Hall–Kier alpha value is -2.55. The van der Waals surface area contributed by atoms with E-state index in [1.807, 2.05) is 21.1 Å². The highest BCUT2D eigenvalue weighted by atomic mass is 31.2. The molecule has 538 valence electrons. The van der Waals surface area contributed by atoms with Crippen LogP contribution in [0.4, 0.5) is 0 Å². The number of esters is 2. The van der Waals surface area contributed by atoms with E-state index in [1.165, 1.54) is 289 Å². The molecule has 2 unspecified atom stereocenters. The Balaban J connectivity index is 3.88. The van der Waals surface area contributed by atoms with Crippen molar-refractivity contribution in [1.82, 2.24) is 0 Å². The molecule has 1 N–H and O–H groups in total. The summed E-state index contributed by atoms with van der Waals surface area (Å²) < 4.78 is 34.8. The SMILES string of the molecule is CC/C=C\C/C=C\C/C=C\C/C=C\CCCCCCCCCCCCCCCCC(=O)OC(COC(=O)CCCCCCCCCCCCCCCCCCCCCCCCCCCCCCC/C=C\C/C=C\CCCCCCC)COP(=O)(O)OCC[N+](C)(C)C. The Morgan fingerprint density at radius 3 is 0.924 bits per heavy atom. The monoisotopic (exact) mass is 1310 g/mol. The molecule has 0 aliphatic heterocycles. The fourth-order valence-electron chi connectivity index (χ4n) is 11.7. The summed E-state index contributed by atoms with van der Waals surface area (Å²) in [7, 11) is 1.49. The third-order valence-corrected chi connectivity index (χ3v) is 18.7. The maximum atomic E-state index is 12.9. The van der Waals surface area contributed by atoms with Gasteiger partial charge in [0.25, 0.3) is 0 Å². The van der Waals surface area contributed by atoms with Gasteiger partial charge in [-0.05, 0) is 83.5 Å². The molecule has 0 saturated carbocycles. The van der Waals surface area contributed by atoms with E-state index in [-0.39, 0.29) is 25.6 Å². The number of carbonyl (C=O) groups excluding carboxylic acids is 2. The van der Waals surface area contributed by atoms with Crippen LogP contribution in [0.25, 0.3) is 0 Å². The lowest BCUT2D eigenvalue weighted by molar-refractivity contribution is -0.870. The van der Waals surface area contributed by atoms with Gasteiger partial charge in [-0.3, -0.25) is 18.6 Å². The van der Waals surface area contributed by atoms with Gasteiger partial charge < -0.3 is 18.9 Å². The van der Waals surface area contributed by atoms with Gasteiger partial charge in [0.05, 0.1) is 27.7 Å². The molecule has 9 nitrogen and oxygen atoms in total. The molecule has 10 heteroatoms. The molecule has 2 atom stereocenters. The third kappa shape index (κ3) is 76.5. The Morgan fingerprint density at radius 2 is 0.620 bits per heavy atom. The maximum absolute atomic E-state index is 12.9. The summed E-state index contributed by atoms with van der Waals surface area (Å²) in [6.45, 7) is 4.37. The first-order chi connectivity index (χ1) is 45.0. The molecule has 0 aromatic carbocycles. The Morgan fingerprint density at radius 1 is 0.348 bits per heavy atom. The van der Waals surface area contributed by atoms with Crippen LogP contribution in [-0.4, -0.2) is 74.9 Å². The highest BCUT2D eigenvalue weighted by Gasteiger charge is 2.27. The predicted octanol–water partition coefficient (Wildman–Crippen LogP) is 26.3. The van der Waals surface area contributed by atoms with Crippen LogP contribution in [0, 0.1) is 0 Å². The summed E-state index contributed by atoms with van der Waals surface area (Å²) in [5.74, 6) is -0.780. The van der Waals surface area contributed by atoms with Crippen molar-refractivity contribution in [2.45, 2.75) is 392 Å². The quantitative estimate of drug-likeness (QED) is 0.0211. The van der Waals surface area contributed by atoms with E-state index in [4.69, 9.17) is 18.5 Å².